The Labute approximate surface area is 126 Å². The molecular weight excluding hydrogens is 268 g/mol. The predicted molar refractivity (Wildman–Crippen MR) is 82.8 cm³/mol. The topological polar surface area (TPSA) is 50.8 Å². The number of anilines is 1. The van der Waals surface area contributed by atoms with E-state index in [1.54, 1.807) is 7.11 Å². The molecule has 1 N–H and O–H groups in total. The lowest BCUT2D eigenvalue weighted by Crippen LogP contribution is -2.50. The first kappa shape index (κ1) is 15.6. The number of hydrogen-bond acceptors (Lipinski definition) is 3. The number of nitrogens with zero attached hydrogens (tertiary/aromatic N) is 1. The molecule has 1 unspecified atom stereocenters. The van der Waals surface area contributed by atoms with Gasteiger partial charge in [-0.15, -0.1) is 0 Å². The summed E-state index contributed by atoms with van der Waals surface area (Å²) in [4.78, 5) is 14.4. The molecule has 21 heavy (non-hydrogen) atoms. The summed E-state index contributed by atoms with van der Waals surface area (Å²) in [5, 5.41) is 2.94. The number of carbonyl (C=O) groups is 1. The smallest absolute Gasteiger partial charge is 0.322 e. The van der Waals surface area contributed by atoms with Crippen LogP contribution in [0, 0.1) is 5.92 Å². The third-order valence-corrected chi connectivity index (χ3v) is 3.55. The van der Waals surface area contributed by atoms with Gasteiger partial charge in [0.1, 0.15) is 5.75 Å². The van der Waals surface area contributed by atoms with Crippen LogP contribution in [-0.4, -0.2) is 43.8 Å². The fourth-order valence-corrected chi connectivity index (χ4v) is 2.56. The van der Waals surface area contributed by atoms with Crippen LogP contribution in [0.2, 0.25) is 0 Å². The van der Waals surface area contributed by atoms with Crippen LogP contribution in [0.4, 0.5) is 10.5 Å². The Morgan fingerprint density at radius 1 is 1.52 bits per heavy atom. The van der Waals surface area contributed by atoms with Gasteiger partial charge < -0.3 is 19.7 Å². The van der Waals surface area contributed by atoms with Crippen molar-refractivity contribution in [2.45, 2.75) is 26.3 Å². The Hall–Kier alpha value is -1.75. The molecule has 116 valence electrons. The molecule has 1 fully saturated rings. The van der Waals surface area contributed by atoms with Crippen molar-refractivity contribution in [3.05, 3.63) is 24.3 Å². The molecule has 1 aromatic carbocycles. The SMILES string of the molecule is COc1cccc(NC(=O)N2CCOCC2CC(C)C)c1. The Balaban J connectivity index is 2.02. The van der Waals surface area contributed by atoms with Crippen molar-refractivity contribution in [2.75, 3.05) is 32.2 Å². The fourth-order valence-electron chi connectivity index (χ4n) is 2.56. The molecule has 0 spiro atoms. The third-order valence-electron chi connectivity index (χ3n) is 3.55. The van der Waals surface area contributed by atoms with Crippen molar-refractivity contribution < 1.29 is 14.3 Å². The number of carbonyl (C=O) groups excluding carboxylic acids is 1. The zero-order valence-electron chi connectivity index (χ0n) is 13.0. The van der Waals surface area contributed by atoms with E-state index >= 15 is 0 Å². The van der Waals surface area contributed by atoms with Gasteiger partial charge in [-0.3, -0.25) is 0 Å². The van der Waals surface area contributed by atoms with E-state index in [1.165, 1.54) is 0 Å². The summed E-state index contributed by atoms with van der Waals surface area (Å²) >= 11 is 0. The second-order valence-corrected chi connectivity index (χ2v) is 5.71. The van der Waals surface area contributed by atoms with Crippen LogP contribution in [-0.2, 0) is 4.74 Å². The van der Waals surface area contributed by atoms with Crippen molar-refractivity contribution in [1.29, 1.82) is 0 Å². The summed E-state index contributed by atoms with van der Waals surface area (Å²) in [5.74, 6) is 1.26. The Morgan fingerprint density at radius 2 is 2.33 bits per heavy atom. The lowest BCUT2D eigenvalue weighted by Gasteiger charge is -2.36. The van der Waals surface area contributed by atoms with Crippen molar-refractivity contribution in [3.8, 4) is 5.75 Å². The van der Waals surface area contributed by atoms with E-state index < -0.39 is 0 Å². The van der Waals surface area contributed by atoms with Crippen molar-refractivity contribution in [2.24, 2.45) is 5.92 Å². The standard InChI is InChI=1S/C16H24N2O3/c1-12(2)9-14-11-21-8-7-18(14)16(19)17-13-5-4-6-15(10-13)20-3/h4-6,10,12,14H,7-9,11H2,1-3H3,(H,17,19). The van der Waals surface area contributed by atoms with E-state index in [2.05, 4.69) is 19.2 Å². The van der Waals surface area contributed by atoms with Crippen molar-refractivity contribution in [3.63, 3.8) is 0 Å². The number of rotatable bonds is 4. The highest BCUT2D eigenvalue weighted by molar-refractivity contribution is 5.89. The molecule has 0 aromatic heterocycles. The van der Waals surface area contributed by atoms with E-state index in [-0.39, 0.29) is 12.1 Å². The average molecular weight is 292 g/mol. The van der Waals surface area contributed by atoms with Gasteiger partial charge in [-0.2, -0.15) is 0 Å². The first-order valence-electron chi connectivity index (χ1n) is 7.39. The molecule has 1 aliphatic heterocycles. The highest BCUT2D eigenvalue weighted by atomic mass is 16.5. The van der Waals surface area contributed by atoms with Gasteiger partial charge in [-0.25, -0.2) is 4.79 Å². The Bertz CT molecular complexity index is 476. The molecule has 1 aliphatic rings. The molecule has 1 aromatic rings. The average Bonchev–Trinajstić information content (AvgIpc) is 2.47. The minimum atomic E-state index is -0.0720. The van der Waals surface area contributed by atoms with Gasteiger partial charge >= 0.3 is 6.03 Å². The maximum Gasteiger partial charge on any atom is 0.322 e. The molecule has 0 aliphatic carbocycles. The molecule has 1 heterocycles. The second kappa shape index (κ2) is 7.31. The lowest BCUT2D eigenvalue weighted by atomic mass is 10.0. The third kappa shape index (κ3) is 4.36. The monoisotopic (exact) mass is 292 g/mol. The Kier molecular flexibility index (Phi) is 5.44. The molecule has 2 amide bonds. The first-order valence-corrected chi connectivity index (χ1v) is 7.39. The van der Waals surface area contributed by atoms with Gasteiger partial charge in [0, 0.05) is 18.3 Å². The minimum Gasteiger partial charge on any atom is -0.497 e. The summed E-state index contributed by atoms with van der Waals surface area (Å²) in [5.41, 5.74) is 0.745. The quantitative estimate of drug-likeness (QED) is 0.928. The molecular formula is C16H24N2O3. The maximum atomic E-state index is 12.5. The number of nitrogens with one attached hydrogen (secondary N) is 1. The highest BCUT2D eigenvalue weighted by Gasteiger charge is 2.27. The highest BCUT2D eigenvalue weighted by Crippen LogP contribution is 2.20. The number of methoxy groups -OCH3 is 1. The van der Waals surface area contributed by atoms with Gasteiger partial charge in [-0.05, 0) is 24.5 Å². The summed E-state index contributed by atoms with van der Waals surface area (Å²) in [7, 11) is 1.61. The summed E-state index contributed by atoms with van der Waals surface area (Å²) in [6.45, 7) is 6.16. The first-order chi connectivity index (χ1) is 10.1. The van der Waals surface area contributed by atoms with Gasteiger partial charge in [-0.1, -0.05) is 19.9 Å². The van der Waals surface area contributed by atoms with Gasteiger partial charge in [0.2, 0.25) is 0 Å². The zero-order valence-corrected chi connectivity index (χ0v) is 13.0. The van der Waals surface area contributed by atoms with Crippen LogP contribution in [0.15, 0.2) is 24.3 Å². The van der Waals surface area contributed by atoms with Crippen LogP contribution < -0.4 is 10.1 Å². The van der Waals surface area contributed by atoms with Crippen molar-refractivity contribution >= 4 is 11.7 Å². The Morgan fingerprint density at radius 3 is 3.05 bits per heavy atom. The second-order valence-electron chi connectivity index (χ2n) is 5.71. The van der Waals surface area contributed by atoms with Crippen LogP contribution in [0.1, 0.15) is 20.3 Å². The number of amides is 2. The molecule has 5 nitrogen and oxygen atoms in total. The van der Waals surface area contributed by atoms with E-state index in [9.17, 15) is 4.79 Å². The van der Waals surface area contributed by atoms with E-state index in [0.29, 0.717) is 25.7 Å². The van der Waals surface area contributed by atoms with Crippen molar-refractivity contribution in [1.82, 2.24) is 4.90 Å². The van der Waals surface area contributed by atoms with E-state index in [1.807, 2.05) is 29.2 Å². The molecule has 5 heteroatoms. The summed E-state index contributed by atoms with van der Waals surface area (Å²) in [6.07, 6.45) is 0.950. The number of urea groups is 1. The van der Waals surface area contributed by atoms with Crippen LogP contribution >= 0.6 is 0 Å². The largest absolute Gasteiger partial charge is 0.497 e. The molecule has 0 bridgehead atoms. The number of morpholine rings is 1. The predicted octanol–water partition coefficient (Wildman–Crippen LogP) is 2.97. The molecule has 0 radical (unpaired) electrons. The fraction of sp³-hybridized carbons (Fsp3) is 0.562. The van der Waals surface area contributed by atoms with Gasteiger partial charge in [0.25, 0.3) is 0 Å². The number of ether oxygens (including phenoxy) is 2. The van der Waals surface area contributed by atoms with Crippen LogP contribution in [0.3, 0.4) is 0 Å². The molecule has 1 saturated heterocycles. The molecule has 1 atom stereocenters. The minimum absolute atomic E-state index is 0.0720. The number of hydrogen-bond donors (Lipinski definition) is 1. The molecule has 2 rings (SSSR count). The van der Waals surface area contributed by atoms with Gasteiger partial charge in [0.05, 0.1) is 26.4 Å². The summed E-state index contributed by atoms with van der Waals surface area (Å²) in [6, 6.07) is 7.46. The maximum absolute atomic E-state index is 12.5. The normalized spacial score (nSPS) is 18.7. The lowest BCUT2D eigenvalue weighted by molar-refractivity contribution is 0.00857. The van der Waals surface area contributed by atoms with E-state index in [4.69, 9.17) is 9.47 Å². The van der Waals surface area contributed by atoms with Crippen LogP contribution in [0.5, 0.6) is 5.75 Å². The molecule has 0 saturated carbocycles. The van der Waals surface area contributed by atoms with Crippen LogP contribution in [0.25, 0.3) is 0 Å². The van der Waals surface area contributed by atoms with Gasteiger partial charge in [0.15, 0.2) is 0 Å². The number of benzene rings is 1. The summed E-state index contributed by atoms with van der Waals surface area (Å²) < 4.78 is 10.7. The zero-order chi connectivity index (χ0) is 15.2. The van der Waals surface area contributed by atoms with E-state index in [0.717, 1.165) is 17.9 Å².